The first-order chi connectivity index (χ1) is 8.27. The van der Waals surface area contributed by atoms with E-state index in [4.69, 9.17) is 11.6 Å². The second-order valence-corrected chi connectivity index (χ2v) is 7.04. The third-order valence-electron chi connectivity index (χ3n) is 3.91. The molecule has 0 saturated heterocycles. The van der Waals surface area contributed by atoms with Gasteiger partial charge in [0.05, 0.1) is 0 Å². The summed E-state index contributed by atoms with van der Waals surface area (Å²) in [5.74, 6) is 0.538. The maximum Gasteiger partial charge on any atom is 0.0416 e. The molecule has 0 bridgehead atoms. The van der Waals surface area contributed by atoms with Crippen LogP contribution < -0.4 is 0 Å². The monoisotopic (exact) mass is 270 g/mol. The van der Waals surface area contributed by atoms with Crippen molar-refractivity contribution in [2.75, 3.05) is 0 Å². The Labute approximate surface area is 120 Å². The zero-order valence-corrected chi connectivity index (χ0v) is 13.6. The Morgan fingerprint density at radius 3 is 2.00 bits per heavy atom. The summed E-state index contributed by atoms with van der Waals surface area (Å²) in [6.07, 6.45) is 8.21. The first-order valence-corrected chi connectivity index (χ1v) is 7.67. The van der Waals surface area contributed by atoms with Crippen molar-refractivity contribution in [1.82, 2.24) is 0 Å². The van der Waals surface area contributed by atoms with Crippen molar-refractivity contribution < 1.29 is 0 Å². The lowest BCUT2D eigenvalue weighted by molar-refractivity contribution is 0.420. The van der Waals surface area contributed by atoms with Crippen LogP contribution in [-0.2, 0) is 0 Å². The van der Waals surface area contributed by atoms with Crippen LogP contribution in [0.4, 0.5) is 0 Å². The van der Waals surface area contributed by atoms with Crippen LogP contribution in [-0.4, -0.2) is 4.87 Å². The molecule has 0 radical (unpaired) electrons. The highest BCUT2D eigenvalue weighted by Gasteiger charge is 2.22. The second-order valence-electron chi connectivity index (χ2n) is 6.06. The Hall–Kier alpha value is -0.230. The van der Waals surface area contributed by atoms with E-state index in [1.54, 1.807) is 0 Å². The molecule has 0 aromatic heterocycles. The van der Waals surface area contributed by atoms with Gasteiger partial charge < -0.3 is 0 Å². The summed E-state index contributed by atoms with van der Waals surface area (Å²) >= 11 is 6.31. The second kappa shape index (κ2) is 8.80. The van der Waals surface area contributed by atoms with E-state index in [9.17, 15) is 0 Å². The average Bonchev–Trinajstić information content (AvgIpc) is 2.29. The van der Waals surface area contributed by atoms with Crippen LogP contribution in [0.25, 0.3) is 0 Å². The molecule has 0 aliphatic rings. The molecule has 18 heavy (non-hydrogen) atoms. The van der Waals surface area contributed by atoms with Crippen molar-refractivity contribution in [3.8, 4) is 0 Å². The zero-order chi connectivity index (χ0) is 14.2. The molecule has 0 heterocycles. The maximum absolute atomic E-state index is 6.31. The van der Waals surface area contributed by atoms with Gasteiger partial charge >= 0.3 is 0 Å². The van der Waals surface area contributed by atoms with E-state index >= 15 is 0 Å². The Morgan fingerprint density at radius 1 is 1.06 bits per heavy atom. The van der Waals surface area contributed by atoms with Gasteiger partial charge in [0.25, 0.3) is 0 Å². The lowest BCUT2D eigenvalue weighted by atomic mass is 9.90. The van der Waals surface area contributed by atoms with Crippen LogP contribution in [0.5, 0.6) is 0 Å². The molecule has 0 rings (SSSR count). The molecule has 0 nitrogen and oxygen atoms in total. The van der Waals surface area contributed by atoms with Gasteiger partial charge in [0.2, 0.25) is 0 Å². The predicted molar refractivity (Wildman–Crippen MR) is 85.4 cm³/mol. The summed E-state index contributed by atoms with van der Waals surface area (Å²) in [7, 11) is 0. The molecule has 0 spiro atoms. The van der Waals surface area contributed by atoms with Crippen molar-refractivity contribution in [3.63, 3.8) is 0 Å². The number of allylic oxidation sites excluding steroid dienone is 2. The molecule has 0 N–H and O–H groups in total. The van der Waals surface area contributed by atoms with Crippen molar-refractivity contribution >= 4 is 11.6 Å². The largest absolute Gasteiger partial charge is 0.120 e. The minimum atomic E-state index is -0.0981. The summed E-state index contributed by atoms with van der Waals surface area (Å²) in [6.45, 7) is 16.8. The number of unbranched alkanes of at least 4 members (excludes halogenated alkanes) is 1. The van der Waals surface area contributed by atoms with Crippen LogP contribution in [0.3, 0.4) is 0 Å². The van der Waals surface area contributed by atoms with E-state index in [1.807, 2.05) is 0 Å². The van der Waals surface area contributed by atoms with E-state index < -0.39 is 0 Å². The fourth-order valence-corrected chi connectivity index (χ4v) is 1.92. The van der Waals surface area contributed by atoms with Crippen molar-refractivity contribution in [3.05, 3.63) is 24.3 Å². The Balaban J connectivity index is 3.64. The molecule has 106 valence electrons. The fourth-order valence-electron chi connectivity index (χ4n) is 1.82. The molecule has 0 aliphatic carbocycles. The SMILES string of the molecule is C=C(CC)CCCCC(=C)CCC(C)C(C)(C)Cl. The molecule has 0 saturated carbocycles. The Bertz CT molecular complexity index is 257. The molecular formula is C17H31Cl. The van der Waals surface area contributed by atoms with Crippen LogP contribution in [0, 0.1) is 5.92 Å². The molecular weight excluding hydrogens is 240 g/mol. The van der Waals surface area contributed by atoms with Crippen LogP contribution in [0.15, 0.2) is 24.3 Å². The van der Waals surface area contributed by atoms with Gasteiger partial charge in [0, 0.05) is 4.87 Å². The van der Waals surface area contributed by atoms with E-state index in [2.05, 4.69) is 40.9 Å². The van der Waals surface area contributed by atoms with E-state index in [-0.39, 0.29) is 4.87 Å². The Kier molecular flexibility index (Phi) is 8.69. The average molecular weight is 271 g/mol. The van der Waals surface area contributed by atoms with Crippen LogP contribution in [0.1, 0.15) is 72.6 Å². The summed E-state index contributed by atoms with van der Waals surface area (Å²) in [4.78, 5) is -0.0981. The first-order valence-electron chi connectivity index (χ1n) is 7.29. The molecule has 1 atom stereocenters. The molecule has 0 fully saturated rings. The van der Waals surface area contributed by atoms with E-state index in [1.165, 1.54) is 30.4 Å². The zero-order valence-electron chi connectivity index (χ0n) is 12.8. The molecule has 0 aliphatic heterocycles. The standard InChI is InChI=1S/C17H31Cl/c1-7-14(2)10-8-9-11-15(3)12-13-16(4)17(5,6)18/h16H,2-3,7-13H2,1,4-6H3. The van der Waals surface area contributed by atoms with Gasteiger partial charge in [-0.05, 0) is 64.7 Å². The fraction of sp³-hybridized carbons (Fsp3) is 0.765. The van der Waals surface area contributed by atoms with Crippen molar-refractivity contribution in [2.24, 2.45) is 5.92 Å². The number of hydrogen-bond acceptors (Lipinski definition) is 0. The van der Waals surface area contributed by atoms with Gasteiger partial charge in [-0.25, -0.2) is 0 Å². The van der Waals surface area contributed by atoms with Gasteiger partial charge in [0.15, 0.2) is 0 Å². The predicted octanol–water partition coefficient (Wildman–Crippen LogP) is 6.50. The topological polar surface area (TPSA) is 0 Å². The molecule has 1 heteroatoms. The van der Waals surface area contributed by atoms with Crippen LogP contribution in [0.2, 0.25) is 0 Å². The van der Waals surface area contributed by atoms with Gasteiger partial charge in [-0.15, -0.1) is 11.6 Å². The van der Waals surface area contributed by atoms with Gasteiger partial charge in [-0.2, -0.15) is 0 Å². The highest BCUT2D eigenvalue weighted by molar-refractivity contribution is 6.23. The summed E-state index contributed by atoms with van der Waals surface area (Å²) in [5.41, 5.74) is 2.75. The minimum absolute atomic E-state index is 0.0981. The van der Waals surface area contributed by atoms with Crippen molar-refractivity contribution in [1.29, 1.82) is 0 Å². The summed E-state index contributed by atoms with van der Waals surface area (Å²) in [6, 6.07) is 0. The van der Waals surface area contributed by atoms with Crippen molar-refractivity contribution in [2.45, 2.75) is 77.5 Å². The molecule has 0 aromatic rings. The van der Waals surface area contributed by atoms with Gasteiger partial charge in [-0.1, -0.05) is 38.2 Å². The third-order valence-corrected chi connectivity index (χ3v) is 4.29. The summed E-state index contributed by atoms with van der Waals surface area (Å²) < 4.78 is 0. The number of rotatable bonds is 10. The highest BCUT2D eigenvalue weighted by atomic mass is 35.5. The minimum Gasteiger partial charge on any atom is -0.120 e. The smallest absolute Gasteiger partial charge is 0.0416 e. The van der Waals surface area contributed by atoms with Gasteiger partial charge in [-0.3, -0.25) is 0 Å². The molecule has 0 aromatic carbocycles. The maximum atomic E-state index is 6.31. The first kappa shape index (κ1) is 17.8. The van der Waals surface area contributed by atoms with E-state index in [0.29, 0.717) is 5.92 Å². The highest BCUT2D eigenvalue weighted by Crippen LogP contribution is 2.29. The number of alkyl halides is 1. The lowest BCUT2D eigenvalue weighted by Gasteiger charge is -2.24. The van der Waals surface area contributed by atoms with Crippen LogP contribution >= 0.6 is 11.6 Å². The van der Waals surface area contributed by atoms with Gasteiger partial charge in [0.1, 0.15) is 0 Å². The number of halogens is 1. The molecule has 1 unspecified atom stereocenters. The lowest BCUT2D eigenvalue weighted by Crippen LogP contribution is -2.21. The third kappa shape index (κ3) is 8.80. The Morgan fingerprint density at radius 2 is 1.56 bits per heavy atom. The normalized spacial score (nSPS) is 13.4. The molecule has 0 amide bonds. The quantitative estimate of drug-likeness (QED) is 0.241. The number of hydrogen-bond donors (Lipinski definition) is 0. The van der Waals surface area contributed by atoms with E-state index in [0.717, 1.165) is 25.7 Å². The summed E-state index contributed by atoms with van der Waals surface area (Å²) in [5, 5.41) is 0.